The molecule has 0 fully saturated rings. The number of hydrogen-bond donors (Lipinski definition) is 2. The van der Waals surface area contributed by atoms with Gasteiger partial charge in [-0.2, -0.15) is 0 Å². The van der Waals surface area contributed by atoms with Crippen LogP contribution < -0.4 is 5.32 Å². The van der Waals surface area contributed by atoms with Gasteiger partial charge in [-0.3, -0.25) is 10.1 Å². The van der Waals surface area contributed by atoms with Crippen LogP contribution in [-0.2, 0) is 0 Å². The predicted molar refractivity (Wildman–Crippen MR) is 75.0 cm³/mol. The Balaban J connectivity index is 2.68. The van der Waals surface area contributed by atoms with Crippen molar-refractivity contribution >= 4 is 17.5 Å². The quantitative estimate of drug-likeness (QED) is 0.431. The third-order valence-corrected chi connectivity index (χ3v) is 2.79. The van der Waals surface area contributed by atoms with E-state index in [0.29, 0.717) is 12.5 Å². The molecule has 0 aliphatic carbocycles. The van der Waals surface area contributed by atoms with Crippen molar-refractivity contribution in [2.75, 3.05) is 11.9 Å². The van der Waals surface area contributed by atoms with Gasteiger partial charge in [0, 0.05) is 12.6 Å². The zero-order chi connectivity index (χ0) is 15.1. The molecule has 20 heavy (non-hydrogen) atoms. The first-order chi connectivity index (χ1) is 9.41. The number of unbranched alkanes of at least 4 members (excludes halogenated alkanes) is 1. The monoisotopic (exact) mass is 281 g/mol. The molecule has 0 saturated heterocycles. The number of nitro groups is 1. The SMILES string of the molecule is CC(C)CCCCNc1nc(C(=O)O)ccc1[N+](=O)[O-]. The highest BCUT2D eigenvalue weighted by molar-refractivity contribution is 5.86. The summed E-state index contributed by atoms with van der Waals surface area (Å²) in [6.07, 6.45) is 2.96. The fourth-order valence-electron chi connectivity index (χ4n) is 1.73. The van der Waals surface area contributed by atoms with Crippen LogP contribution in [0.4, 0.5) is 11.5 Å². The summed E-state index contributed by atoms with van der Waals surface area (Å²) in [7, 11) is 0. The van der Waals surface area contributed by atoms with Crippen molar-refractivity contribution < 1.29 is 14.8 Å². The van der Waals surface area contributed by atoms with Crippen molar-refractivity contribution in [3.63, 3.8) is 0 Å². The van der Waals surface area contributed by atoms with E-state index in [4.69, 9.17) is 5.11 Å². The van der Waals surface area contributed by atoms with Crippen molar-refractivity contribution in [2.45, 2.75) is 33.1 Å². The maximum absolute atomic E-state index is 10.9. The Morgan fingerprint density at radius 2 is 2.15 bits per heavy atom. The van der Waals surface area contributed by atoms with Crippen LogP contribution >= 0.6 is 0 Å². The standard InChI is InChI=1S/C13H19N3O4/c1-9(2)5-3-4-8-14-12-11(16(19)20)7-6-10(15-12)13(17)18/h6-7,9H,3-5,8H2,1-2H3,(H,14,15)(H,17,18). The zero-order valence-electron chi connectivity index (χ0n) is 11.6. The molecule has 7 nitrogen and oxygen atoms in total. The van der Waals surface area contributed by atoms with Crippen LogP contribution in [0.15, 0.2) is 12.1 Å². The predicted octanol–water partition coefficient (Wildman–Crippen LogP) is 2.93. The first-order valence-corrected chi connectivity index (χ1v) is 6.54. The molecule has 0 radical (unpaired) electrons. The number of nitrogens with zero attached hydrogens (tertiary/aromatic N) is 2. The van der Waals surface area contributed by atoms with Crippen LogP contribution in [0.3, 0.4) is 0 Å². The van der Waals surface area contributed by atoms with E-state index in [-0.39, 0.29) is 17.2 Å². The molecule has 0 aliphatic rings. The smallest absolute Gasteiger partial charge is 0.354 e. The number of carboxylic acids is 1. The summed E-state index contributed by atoms with van der Waals surface area (Å²) in [4.78, 5) is 24.9. The lowest BCUT2D eigenvalue weighted by Crippen LogP contribution is -2.10. The Labute approximate surface area is 117 Å². The number of nitrogens with one attached hydrogen (secondary N) is 1. The molecule has 1 rings (SSSR count). The van der Waals surface area contributed by atoms with Gasteiger partial charge in [0.15, 0.2) is 5.69 Å². The lowest BCUT2D eigenvalue weighted by atomic mass is 10.1. The number of rotatable bonds is 8. The van der Waals surface area contributed by atoms with Crippen molar-refractivity contribution in [1.29, 1.82) is 0 Å². The van der Waals surface area contributed by atoms with Gasteiger partial charge in [0.1, 0.15) is 0 Å². The minimum absolute atomic E-state index is 0.0134. The van der Waals surface area contributed by atoms with Gasteiger partial charge in [-0.25, -0.2) is 9.78 Å². The molecule has 1 aromatic heterocycles. The van der Waals surface area contributed by atoms with Crippen LogP contribution in [0.2, 0.25) is 0 Å². The molecular formula is C13H19N3O4. The molecular weight excluding hydrogens is 262 g/mol. The largest absolute Gasteiger partial charge is 0.477 e. The second-order valence-electron chi connectivity index (χ2n) is 4.94. The van der Waals surface area contributed by atoms with Gasteiger partial charge in [0.25, 0.3) is 0 Å². The Hall–Kier alpha value is -2.18. The van der Waals surface area contributed by atoms with Gasteiger partial charge >= 0.3 is 11.7 Å². The van der Waals surface area contributed by atoms with E-state index in [1.54, 1.807) is 0 Å². The normalized spacial score (nSPS) is 10.6. The van der Waals surface area contributed by atoms with Crippen molar-refractivity contribution in [3.05, 3.63) is 27.9 Å². The molecule has 0 amide bonds. The molecule has 0 aliphatic heterocycles. The maximum Gasteiger partial charge on any atom is 0.354 e. The molecule has 0 saturated carbocycles. The van der Waals surface area contributed by atoms with Crippen molar-refractivity contribution in [1.82, 2.24) is 4.98 Å². The summed E-state index contributed by atoms with van der Waals surface area (Å²) in [6, 6.07) is 2.29. The lowest BCUT2D eigenvalue weighted by Gasteiger charge is -2.08. The van der Waals surface area contributed by atoms with Gasteiger partial charge in [-0.15, -0.1) is 0 Å². The highest BCUT2D eigenvalue weighted by Gasteiger charge is 2.17. The van der Waals surface area contributed by atoms with Gasteiger partial charge in [-0.05, 0) is 18.4 Å². The number of hydrogen-bond acceptors (Lipinski definition) is 5. The average molecular weight is 281 g/mol. The minimum Gasteiger partial charge on any atom is -0.477 e. The fourth-order valence-corrected chi connectivity index (χ4v) is 1.73. The third kappa shape index (κ3) is 4.83. The Kier molecular flexibility index (Phi) is 5.89. The molecule has 2 N–H and O–H groups in total. The highest BCUT2D eigenvalue weighted by atomic mass is 16.6. The van der Waals surface area contributed by atoms with Gasteiger partial charge in [-0.1, -0.05) is 26.7 Å². The molecule has 0 spiro atoms. The van der Waals surface area contributed by atoms with E-state index >= 15 is 0 Å². The summed E-state index contributed by atoms with van der Waals surface area (Å²) in [5.74, 6) is -0.569. The first kappa shape index (κ1) is 15.9. The molecule has 0 bridgehead atoms. The van der Waals surface area contributed by atoms with E-state index in [1.165, 1.54) is 0 Å². The molecule has 0 aromatic carbocycles. The summed E-state index contributed by atoms with van der Waals surface area (Å²) < 4.78 is 0. The fraction of sp³-hybridized carbons (Fsp3) is 0.538. The number of carbonyl (C=O) groups is 1. The molecule has 7 heteroatoms. The topological polar surface area (TPSA) is 105 Å². The third-order valence-electron chi connectivity index (χ3n) is 2.79. The number of aromatic carboxylic acids is 1. The van der Waals surface area contributed by atoms with Crippen LogP contribution in [-0.4, -0.2) is 27.5 Å². The van der Waals surface area contributed by atoms with Crippen LogP contribution in [0.1, 0.15) is 43.6 Å². The number of carboxylic acid groups (broad SMARTS) is 1. The zero-order valence-corrected chi connectivity index (χ0v) is 11.6. The average Bonchev–Trinajstić information content (AvgIpc) is 2.37. The molecule has 1 heterocycles. The number of pyridine rings is 1. The van der Waals surface area contributed by atoms with Gasteiger partial charge < -0.3 is 10.4 Å². The van der Waals surface area contributed by atoms with Crippen LogP contribution in [0.25, 0.3) is 0 Å². The second kappa shape index (κ2) is 7.42. The van der Waals surface area contributed by atoms with E-state index in [2.05, 4.69) is 24.1 Å². The summed E-state index contributed by atoms with van der Waals surface area (Å²) in [5.41, 5.74) is -0.417. The minimum atomic E-state index is -1.21. The van der Waals surface area contributed by atoms with Gasteiger partial charge in [0.2, 0.25) is 5.82 Å². The Morgan fingerprint density at radius 1 is 1.45 bits per heavy atom. The summed E-state index contributed by atoms with van der Waals surface area (Å²) in [5, 5.41) is 22.6. The molecule has 110 valence electrons. The van der Waals surface area contributed by atoms with Crippen molar-refractivity contribution in [2.24, 2.45) is 5.92 Å². The Morgan fingerprint density at radius 3 is 2.70 bits per heavy atom. The lowest BCUT2D eigenvalue weighted by molar-refractivity contribution is -0.384. The highest BCUT2D eigenvalue weighted by Crippen LogP contribution is 2.22. The first-order valence-electron chi connectivity index (χ1n) is 6.54. The molecule has 0 unspecified atom stereocenters. The van der Waals surface area contributed by atoms with E-state index in [9.17, 15) is 14.9 Å². The van der Waals surface area contributed by atoms with E-state index in [1.807, 2.05) is 0 Å². The summed E-state index contributed by atoms with van der Waals surface area (Å²) in [6.45, 7) is 4.80. The summed E-state index contributed by atoms with van der Waals surface area (Å²) >= 11 is 0. The number of aromatic nitrogens is 1. The second-order valence-corrected chi connectivity index (χ2v) is 4.94. The number of anilines is 1. The molecule has 1 aromatic rings. The van der Waals surface area contributed by atoms with E-state index in [0.717, 1.165) is 31.4 Å². The maximum atomic E-state index is 10.9. The van der Waals surface area contributed by atoms with Crippen LogP contribution in [0.5, 0.6) is 0 Å². The Bertz CT molecular complexity index is 489. The van der Waals surface area contributed by atoms with E-state index < -0.39 is 10.9 Å². The van der Waals surface area contributed by atoms with Crippen LogP contribution in [0, 0.1) is 16.0 Å². The molecule has 0 atom stereocenters. The van der Waals surface area contributed by atoms with Crippen molar-refractivity contribution in [3.8, 4) is 0 Å². The van der Waals surface area contributed by atoms with Gasteiger partial charge in [0.05, 0.1) is 4.92 Å².